The molecule has 236 valence electrons. The molecule has 2 unspecified atom stereocenters. The Bertz CT molecular complexity index is 1010. The molecule has 4 rings (SSSR count). The van der Waals surface area contributed by atoms with Gasteiger partial charge in [-0.05, 0) is 74.8 Å². The first-order chi connectivity index (χ1) is 20.3. The smallest absolute Gasteiger partial charge is 0.300 e. The van der Waals surface area contributed by atoms with Gasteiger partial charge in [-0.1, -0.05) is 46.2 Å². The summed E-state index contributed by atoms with van der Waals surface area (Å²) in [6, 6.07) is 12.6. The number of aryl methyl sites for hydroxylation is 1. The molecule has 1 fully saturated rings. The Morgan fingerprint density at radius 1 is 1.05 bits per heavy atom. The fraction of sp³-hybridized carbons (Fsp3) is 0.606. The van der Waals surface area contributed by atoms with E-state index < -0.39 is 5.97 Å². The number of pyridine rings is 1. The molecule has 2 N–H and O–H groups in total. The van der Waals surface area contributed by atoms with E-state index in [0.717, 1.165) is 69.3 Å². The van der Waals surface area contributed by atoms with E-state index in [1.807, 2.05) is 49.2 Å². The van der Waals surface area contributed by atoms with Crippen molar-refractivity contribution >= 4 is 11.9 Å². The van der Waals surface area contributed by atoms with E-state index in [4.69, 9.17) is 24.5 Å². The van der Waals surface area contributed by atoms with Gasteiger partial charge in [0, 0.05) is 51.1 Å². The topological polar surface area (TPSA) is 112 Å². The number of likely N-dealkylation sites (tertiary alicyclic amines) is 1. The van der Waals surface area contributed by atoms with Crippen molar-refractivity contribution in [2.45, 2.75) is 92.0 Å². The minimum absolute atomic E-state index is 0.127. The molecule has 1 saturated heterocycles. The first-order valence-electron chi connectivity index (χ1n) is 15.4. The number of ether oxygens (including phenoxy) is 2. The number of amides is 1. The number of carbonyl (C=O) groups excluding carboxylic acids is 1. The van der Waals surface area contributed by atoms with Crippen molar-refractivity contribution in [1.29, 1.82) is 0 Å². The summed E-state index contributed by atoms with van der Waals surface area (Å²) in [5.74, 6) is 1.39. The Morgan fingerprint density at radius 2 is 1.74 bits per heavy atom. The van der Waals surface area contributed by atoms with Crippen LogP contribution in [0.25, 0.3) is 0 Å². The van der Waals surface area contributed by atoms with E-state index in [-0.39, 0.29) is 12.5 Å². The number of fused-ring (bicyclic) bond motifs is 1. The highest BCUT2D eigenvalue weighted by atomic mass is 16.7. The molecule has 0 bridgehead atoms. The molecule has 42 heavy (non-hydrogen) atoms. The first kappa shape index (κ1) is 36.9. The van der Waals surface area contributed by atoms with Crippen LogP contribution >= 0.6 is 0 Å². The number of aliphatic hydroxyl groups is 1. The van der Waals surface area contributed by atoms with Crippen LogP contribution in [0.1, 0.15) is 90.8 Å². The lowest BCUT2D eigenvalue weighted by Crippen LogP contribution is -2.48. The lowest BCUT2D eigenvalue weighted by Gasteiger charge is -2.39. The van der Waals surface area contributed by atoms with Gasteiger partial charge in [0.1, 0.15) is 0 Å². The molecule has 2 atom stereocenters. The van der Waals surface area contributed by atoms with Gasteiger partial charge in [-0.2, -0.15) is 0 Å². The number of benzene rings is 1. The summed E-state index contributed by atoms with van der Waals surface area (Å²) in [5, 5.41) is 16.6. The summed E-state index contributed by atoms with van der Waals surface area (Å²) < 4.78 is 11.0. The standard InChI is InChI=1S/C22H34N2O4.C7H9N.C2H4O2.C2H6/c1-3-4-10-23(11-5-12-25)22(26)15-24-14-19(7-6-17(24)2)18-8-9-20-21(13-18)28-16-27-20;1-2-7-5-3-4-6-8-7;1-2(3)4;1-2/h8-9,13,17,19,25H,3-7,10-12,14-16H2,1-2H3;3-6H,2H2,1H3;1H3,(H,3,4);1-2H3. The molecule has 0 radical (unpaired) electrons. The maximum absolute atomic E-state index is 12.9. The van der Waals surface area contributed by atoms with E-state index in [2.05, 4.69) is 42.8 Å². The summed E-state index contributed by atoms with van der Waals surface area (Å²) in [6.07, 6.45) is 7.76. The average molecular weight is 588 g/mol. The molecule has 2 aliphatic heterocycles. The van der Waals surface area contributed by atoms with Crippen molar-refractivity contribution in [3.8, 4) is 11.5 Å². The van der Waals surface area contributed by atoms with Crippen molar-refractivity contribution in [2.24, 2.45) is 0 Å². The first-order valence-corrected chi connectivity index (χ1v) is 15.4. The minimum atomic E-state index is -0.833. The van der Waals surface area contributed by atoms with Gasteiger partial charge in [0.05, 0.1) is 6.54 Å². The molecular weight excluding hydrogens is 534 g/mol. The molecule has 1 amide bonds. The summed E-state index contributed by atoms with van der Waals surface area (Å²) in [4.78, 5) is 30.3. The SMILES string of the molecule is CC.CC(=O)O.CCCCN(CCCO)C(=O)CN1CC(c2ccc3c(c2)OCO3)CCC1C.CCc1ccccn1. The van der Waals surface area contributed by atoms with Crippen molar-refractivity contribution < 1.29 is 29.3 Å². The van der Waals surface area contributed by atoms with E-state index in [1.54, 1.807) is 0 Å². The van der Waals surface area contributed by atoms with Gasteiger partial charge in [0.25, 0.3) is 5.97 Å². The van der Waals surface area contributed by atoms with E-state index in [1.165, 1.54) is 5.56 Å². The lowest BCUT2D eigenvalue weighted by molar-refractivity contribution is -0.135. The van der Waals surface area contributed by atoms with Gasteiger partial charge in [0.2, 0.25) is 12.7 Å². The Balaban J connectivity index is 0.000000521. The van der Waals surface area contributed by atoms with Crippen LogP contribution in [-0.2, 0) is 16.0 Å². The summed E-state index contributed by atoms with van der Waals surface area (Å²) in [5.41, 5.74) is 2.42. The number of aliphatic hydroxyl groups excluding tert-OH is 1. The van der Waals surface area contributed by atoms with Crippen LogP contribution in [0.5, 0.6) is 11.5 Å². The third kappa shape index (κ3) is 13.7. The number of nitrogens with zero attached hydrogens (tertiary/aromatic N) is 3. The number of hydrogen-bond acceptors (Lipinski definition) is 7. The highest BCUT2D eigenvalue weighted by Gasteiger charge is 2.30. The van der Waals surface area contributed by atoms with Crippen LogP contribution in [0.2, 0.25) is 0 Å². The number of unbranched alkanes of at least 4 members (excludes halogenated alkanes) is 1. The van der Waals surface area contributed by atoms with Crippen LogP contribution in [0, 0.1) is 0 Å². The van der Waals surface area contributed by atoms with Crippen LogP contribution in [0.3, 0.4) is 0 Å². The summed E-state index contributed by atoms with van der Waals surface area (Å²) in [7, 11) is 0. The van der Waals surface area contributed by atoms with Gasteiger partial charge in [-0.25, -0.2) is 0 Å². The zero-order valence-electron chi connectivity index (χ0n) is 26.6. The van der Waals surface area contributed by atoms with Gasteiger partial charge < -0.3 is 24.6 Å². The average Bonchev–Trinajstić information content (AvgIpc) is 3.48. The number of hydrogen-bond donors (Lipinski definition) is 2. The van der Waals surface area contributed by atoms with Gasteiger partial charge in [0.15, 0.2) is 11.5 Å². The largest absolute Gasteiger partial charge is 0.481 e. The normalized spacial score (nSPS) is 16.9. The second kappa shape index (κ2) is 21.5. The van der Waals surface area contributed by atoms with Crippen molar-refractivity contribution in [2.75, 3.05) is 39.6 Å². The Hall–Kier alpha value is -3.17. The quantitative estimate of drug-likeness (QED) is 0.361. The second-order valence-electron chi connectivity index (χ2n) is 10.2. The monoisotopic (exact) mass is 587 g/mol. The van der Waals surface area contributed by atoms with Gasteiger partial charge in [-0.15, -0.1) is 0 Å². The van der Waals surface area contributed by atoms with Crippen LogP contribution in [0.15, 0.2) is 42.6 Å². The van der Waals surface area contributed by atoms with Gasteiger partial charge >= 0.3 is 0 Å². The molecule has 1 aromatic carbocycles. The molecule has 0 saturated carbocycles. The summed E-state index contributed by atoms with van der Waals surface area (Å²) in [6.45, 7) is 14.7. The molecule has 1 aromatic heterocycles. The lowest BCUT2D eigenvalue weighted by atomic mass is 9.87. The Morgan fingerprint density at radius 3 is 2.33 bits per heavy atom. The van der Waals surface area contributed by atoms with Crippen LogP contribution in [0.4, 0.5) is 0 Å². The van der Waals surface area contributed by atoms with Gasteiger partial charge in [-0.3, -0.25) is 19.5 Å². The molecule has 0 spiro atoms. The number of aromatic nitrogens is 1. The van der Waals surface area contributed by atoms with Crippen LogP contribution in [-0.4, -0.2) is 82.5 Å². The van der Waals surface area contributed by atoms with E-state index in [0.29, 0.717) is 38.3 Å². The van der Waals surface area contributed by atoms with Crippen molar-refractivity contribution in [1.82, 2.24) is 14.8 Å². The molecule has 9 heteroatoms. The number of carbonyl (C=O) groups is 2. The molecule has 2 aliphatic rings. The third-order valence-corrected chi connectivity index (χ3v) is 7.03. The van der Waals surface area contributed by atoms with Crippen molar-refractivity contribution in [3.05, 3.63) is 53.9 Å². The summed E-state index contributed by atoms with van der Waals surface area (Å²) >= 11 is 0. The fourth-order valence-electron chi connectivity index (χ4n) is 4.69. The number of piperidine rings is 1. The van der Waals surface area contributed by atoms with E-state index >= 15 is 0 Å². The zero-order valence-corrected chi connectivity index (χ0v) is 26.6. The predicted molar refractivity (Wildman–Crippen MR) is 167 cm³/mol. The maximum atomic E-state index is 12.9. The highest BCUT2D eigenvalue weighted by molar-refractivity contribution is 5.78. The molecule has 3 heterocycles. The molecular formula is C33H53N3O6. The number of carboxylic acids is 1. The number of rotatable bonds is 10. The third-order valence-electron chi connectivity index (χ3n) is 7.03. The maximum Gasteiger partial charge on any atom is 0.300 e. The van der Waals surface area contributed by atoms with Crippen LogP contribution < -0.4 is 9.47 Å². The second-order valence-corrected chi connectivity index (χ2v) is 10.2. The number of aliphatic carboxylic acids is 1. The Kier molecular flexibility index (Phi) is 18.9. The highest BCUT2D eigenvalue weighted by Crippen LogP contribution is 2.37. The molecule has 9 nitrogen and oxygen atoms in total. The molecule has 2 aromatic rings. The Labute approximate surface area is 252 Å². The molecule has 0 aliphatic carbocycles. The van der Waals surface area contributed by atoms with Crippen molar-refractivity contribution in [3.63, 3.8) is 0 Å². The minimum Gasteiger partial charge on any atom is -0.481 e. The fourth-order valence-corrected chi connectivity index (χ4v) is 4.69. The zero-order chi connectivity index (χ0) is 31.3. The number of carboxylic acid groups (broad SMARTS) is 1. The van der Waals surface area contributed by atoms with E-state index in [9.17, 15) is 4.79 Å². The predicted octanol–water partition coefficient (Wildman–Crippen LogP) is 5.76.